The smallest absolute Gasteiger partial charge is 0.207 e. The number of rotatable bonds is 4. The molecule has 1 aromatic heterocycles. The first-order valence-corrected chi connectivity index (χ1v) is 7.16. The number of nitrogens with one attached hydrogen (secondary N) is 1. The zero-order valence-corrected chi connectivity index (χ0v) is 11.9. The van der Waals surface area contributed by atoms with Crippen LogP contribution >= 0.6 is 15.9 Å². The normalized spacial score (nSPS) is 14.8. The summed E-state index contributed by atoms with van der Waals surface area (Å²) in [7, 11) is 0. The van der Waals surface area contributed by atoms with Crippen LogP contribution in [-0.2, 0) is 6.42 Å². The van der Waals surface area contributed by atoms with Gasteiger partial charge in [-0.05, 0) is 43.0 Å². The van der Waals surface area contributed by atoms with Crippen molar-refractivity contribution >= 4 is 21.9 Å². The van der Waals surface area contributed by atoms with E-state index in [1.54, 1.807) is 0 Å². The van der Waals surface area contributed by atoms with Crippen molar-refractivity contribution in [1.29, 1.82) is 0 Å². The first-order chi connectivity index (χ1) is 8.78. The fourth-order valence-corrected chi connectivity index (χ4v) is 2.50. The van der Waals surface area contributed by atoms with E-state index in [4.69, 9.17) is 0 Å². The Morgan fingerprint density at radius 1 is 1.44 bits per heavy atom. The molecule has 0 bridgehead atoms. The van der Waals surface area contributed by atoms with Crippen molar-refractivity contribution < 1.29 is 0 Å². The summed E-state index contributed by atoms with van der Waals surface area (Å²) < 4.78 is 3.27. The molecule has 1 saturated carbocycles. The summed E-state index contributed by atoms with van der Waals surface area (Å²) in [6, 6.07) is 7.01. The minimum atomic E-state index is 0.617. The highest BCUT2D eigenvalue weighted by Crippen LogP contribution is 2.27. The van der Waals surface area contributed by atoms with Crippen molar-refractivity contribution in [3.63, 3.8) is 0 Å². The van der Waals surface area contributed by atoms with Crippen LogP contribution in [0.1, 0.15) is 25.3 Å². The highest BCUT2D eigenvalue weighted by atomic mass is 79.9. The molecule has 3 nitrogen and oxygen atoms in total. The zero-order chi connectivity index (χ0) is 12.5. The highest BCUT2D eigenvalue weighted by Gasteiger charge is 2.23. The molecular weight excluding hydrogens is 290 g/mol. The molecule has 94 valence electrons. The van der Waals surface area contributed by atoms with E-state index in [9.17, 15) is 0 Å². The van der Waals surface area contributed by atoms with Gasteiger partial charge in [0.1, 0.15) is 0 Å². The van der Waals surface area contributed by atoms with Gasteiger partial charge in [-0.2, -0.15) is 0 Å². The summed E-state index contributed by atoms with van der Waals surface area (Å²) in [5.41, 5.74) is 2.53. The van der Waals surface area contributed by atoms with Gasteiger partial charge in [0, 0.05) is 22.9 Å². The first kappa shape index (κ1) is 11.8. The fourth-order valence-electron chi connectivity index (χ4n) is 2.09. The zero-order valence-electron chi connectivity index (χ0n) is 10.4. The molecular formula is C14H16BrN3. The molecule has 0 saturated heterocycles. The third-order valence-electron chi connectivity index (χ3n) is 3.23. The van der Waals surface area contributed by atoms with Gasteiger partial charge in [0.05, 0.1) is 5.69 Å². The van der Waals surface area contributed by atoms with Crippen molar-refractivity contribution in [3.8, 4) is 5.69 Å². The topological polar surface area (TPSA) is 29.9 Å². The van der Waals surface area contributed by atoms with Gasteiger partial charge in [-0.1, -0.05) is 22.9 Å². The number of anilines is 1. The number of halogens is 1. The van der Waals surface area contributed by atoms with E-state index in [1.165, 1.54) is 24.1 Å². The third kappa shape index (κ3) is 2.29. The van der Waals surface area contributed by atoms with Gasteiger partial charge in [0.15, 0.2) is 0 Å². The molecule has 18 heavy (non-hydrogen) atoms. The van der Waals surface area contributed by atoms with Gasteiger partial charge >= 0.3 is 0 Å². The summed E-state index contributed by atoms with van der Waals surface area (Å²) in [6.07, 6.45) is 7.40. The van der Waals surface area contributed by atoms with Crippen molar-refractivity contribution in [2.45, 2.75) is 32.2 Å². The van der Waals surface area contributed by atoms with Crippen LogP contribution in [0.3, 0.4) is 0 Å². The second kappa shape index (κ2) is 4.76. The molecule has 0 radical (unpaired) electrons. The van der Waals surface area contributed by atoms with Crippen LogP contribution in [0.25, 0.3) is 5.69 Å². The molecule has 1 aromatic carbocycles. The molecule has 0 amide bonds. The summed E-state index contributed by atoms with van der Waals surface area (Å²) >= 11 is 3.53. The standard InChI is InChI=1S/C14H16BrN3/c1-2-10-9-11(15)3-6-13(10)18-8-7-16-14(18)17-12-4-5-12/h3,6-9,12H,2,4-5H2,1H3,(H,16,17). The largest absolute Gasteiger partial charge is 0.353 e. The minimum Gasteiger partial charge on any atom is -0.353 e. The Balaban J connectivity index is 2.00. The Morgan fingerprint density at radius 3 is 3.00 bits per heavy atom. The van der Waals surface area contributed by atoms with Gasteiger partial charge in [-0.15, -0.1) is 0 Å². The fraction of sp³-hybridized carbons (Fsp3) is 0.357. The minimum absolute atomic E-state index is 0.617. The van der Waals surface area contributed by atoms with E-state index in [0.29, 0.717) is 6.04 Å². The summed E-state index contributed by atoms with van der Waals surface area (Å²) in [5.74, 6) is 0.953. The second-order valence-corrected chi connectivity index (χ2v) is 5.58. The van der Waals surface area contributed by atoms with E-state index in [2.05, 4.69) is 55.9 Å². The van der Waals surface area contributed by atoms with Crippen LogP contribution in [-0.4, -0.2) is 15.6 Å². The molecule has 4 heteroatoms. The van der Waals surface area contributed by atoms with Crippen LogP contribution in [0, 0.1) is 0 Å². The van der Waals surface area contributed by atoms with E-state index < -0.39 is 0 Å². The van der Waals surface area contributed by atoms with Crippen molar-refractivity contribution in [2.24, 2.45) is 0 Å². The first-order valence-electron chi connectivity index (χ1n) is 6.36. The Morgan fingerprint density at radius 2 is 2.28 bits per heavy atom. The number of imidazole rings is 1. The van der Waals surface area contributed by atoms with Crippen LogP contribution in [0.5, 0.6) is 0 Å². The maximum absolute atomic E-state index is 4.41. The monoisotopic (exact) mass is 305 g/mol. The number of aromatic nitrogens is 2. The third-order valence-corrected chi connectivity index (χ3v) is 3.73. The number of hydrogen-bond donors (Lipinski definition) is 1. The predicted octanol–water partition coefficient (Wildman–Crippen LogP) is 3.77. The van der Waals surface area contributed by atoms with Gasteiger partial charge < -0.3 is 5.32 Å². The molecule has 1 fully saturated rings. The SMILES string of the molecule is CCc1cc(Br)ccc1-n1ccnc1NC1CC1. The number of hydrogen-bond acceptors (Lipinski definition) is 2. The average molecular weight is 306 g/mol. The number of benzene rings is 1. The second-order valence-electron chi connectivity index (χ2n) is 4.67. The van der Waals surface area contributed by atoms with Crippen LogP contribution in [0.2, 0.25) is 0 Å². The Kier molecular flexibility index (Phi) is 3.12. The van der Waals surface area contributed by atoms with Crippen molar-refractivity contribution in [3.05, 3.63) is 40.6 Å². The van der Waals surface area contributed by atoms with Gasteiger partial charge in [-0.3, -0.25) is 4.57 Å². The van der Waals surface area contributed by atoms with Gasteiger partial charge in [0.2, 0.25) is 5.95 Å². The number of aryl methyl sites for hydroxylation is 1. The Hall–Kier alpha value is -1.29. The van der Waals surface area contributed by atoms with E-state index in [1.807, 2.05) is 12.4 Å². The lowest BCUT2D eigenvalue weighted by molar-refractivity contribution is 0.974. The molecule has 1 aliphatic rings. The molecule has 0 aliphatic heterocycles. The van der Waals surface area contributed by atoms with Gasteiger partial charge in [0.25, 0.3) is 0 Å². The number of nitrogens with zero attached hydrogens (tertiary/aromatic N) is 2. The predicted molar refractivity (Wildman–Crippen MR) is 77.3 cm³/mol. The summed E-state index contributed by atoms with van der Waals surface area (Å²) in [5, 5.41) is 3.47. The molecule has 0 spiro atoms. The van der Waals surface area contributed by atoms with E-state index >= 15 is 0 Å². The lowest BCUT2D eigenvalue weighted by Crippen LogP contribution is -2.08. The van der Waals surface area contributed by atoms with Crippen molar-refractivity contribution in [1.82, 2.24) is 9.55 Å². The van der Waals surface area contributed by atoms with Crippen LogP contribution in [0.15, 0.2) is 35.1 Å². The lowest BCUT2D eigenvalue weighted by atomic mass is 10.1. The summed E-state index contributed by atoms with van der Waals surface area (Å²) in [4.78, 5) is 4.41. The highest BCUT2D eigenvalue weighted by molar-refractivity contribution is 9.10. The quantitative estimate of drug-likeness (QED) is 0.932. The Labute approximate surface area is 115 Å². The van der Waals surface area contributed by atoms with Crippen molar-refractivity contribution in [2.75, 3.05) is 5.32 Å². The van der Waals surface area contributed by atoms with E-state index in [0.717, 1.165) is 16.8 Å². The van der Waals surface area contributed by atoms with Crippen LogP contribution in [0.4, 0.5) is 5.95 Å². The molecule has 0 atom stereocenters. The maximum atomic E-state index is 4.41. The summed E-state index contributed by atoms with van der Waals surface area (Å²) in [6.45, 7) is 2.18. The molecule has 1 aliphatic carbocycles. The molecule has 2 aromatic rings. The lowest BCUT2D eigenvalue weighted by Gasteiger charge is -2.13. The Bertz CT molecular complexity index is 558. The van der Waals surface area contributed by atoms with Crippen LogP contribution < -0.4 is 5.32 Å². The van der Waals surface area contributed by atoms with Gasteiger partial charge in [-0.25, -0.2) is 4.98 Å². The maximum Gasteiger partial charge on any atom is 0.207 e. The molecule has 0 unspecified atom stereocenters. The molecule has 3 rings (SSSR count). The average Bonchev–Trinajstić information content (AvgIpc) is 3.07. The van der Waals surface area contributed by atoms with E-state index in [-0.39, 0.29) is 0 Å². The molecule has 1 heterocycles. The molecule has 1 N–H and O–H groups in total.